The fraction of sp³-hybridized carbons (Fsp3) is 0.300. The maximum atomic E-state index is 13.1. The molecule has 2 aromatic rings. The number of rotatable bonds is 7. The van der Waals surface area contributed by atoms with Crippen molar-refractivity contribution in [3.63, 3.8) is 0 Å². The van der Waals surface area contributed by atoms with Crippen LogP contribution in [0.5, 0.6) is 5.75 Å². The second kappa shape index (κ2) is 8.33. The largest absolute Gasteiger partial charge is 0.497 e. The third-order valence-corrected chi connectivity index (χ3v) is 4.30. The van der Waals surface area contributed by atoms with E-state index >= 15 is 0 Å². The number of carboxylic acid groups (broad SMARTS) is 1. The fourth-order valence-corrected chi connectivity index (χ4v) is 2.96. The Morgan fingerprint density at radius 3 is 2.39 bits per heavy atom. The Bertz CT molecular complexity index is 867. The summed E-state index contributed by atoms with van der Waals surface area (Å²) in [5.74, 6) is -1.42. The zero-order valence-electron chi connectivity index (χ0n) is 15.3. The first-order valence-corrected chi connectivity index (χ1v) is 8.37. The highest BCUT2D eigenvalue weighted by atomic mass is 19.4. The van der Waals surface area contributed by atoms with E-state index < -0.39 is 42.0 Å². The molecule has 2 rings (SSSR count). The molecule has 28 heavy (non-hydrogen) atoms. The molecule has 0 fully saturated rings. The molecule has 0 spiro atoms. The van der Waals surface area contributed by atoms with Gasteiger partial charge in [-0.25, -0.2) is 0 Å². The van der Waals surface area contributed by atoms with Crippen molar-refractivity contribution in [2.24, 2.45) is 0 Å². The van der Waals surface area contributed by atoms with Crippen LogP contribution in [-0.4, -0.2) is 24.1 Å². The number of methoxy groups -OCH3 is 1. The van der Waals surface area contributed by atoms with Gasteiger partial charge in [-0.05, 0) is 36.2 Å². The van der Waals surface area contributed by atoms with E-state index in [0.29, 0.717) is 11.3 Å². The number of alkyl halides is 3. The first kappa shape index (κ1) is 21.3. The zero-order chi connectivity index (χ0) is 20.9. The monoisotopic (exact) mass is 395 g/mol. The Kier molecular flexibility index (Phi) is 6.33. The molecule has 1 unspecified atom stereocenters. The van der Waals surface area contributed by atoms with Crippen LogP contribution in [0.2, 0.25) is 0 Å². The van der Waals surface area contributed by atoms with Gasteiger partial charge in [0.05, 0.1) is 31.1 Å². The third-order valence-electron chi connectivity index (χ3n) is 4.30. The minimum Gasteiger partial charge on any atom is -0.497 e. The highest BCUT2D eigenvalue weighted by molar-refractivity contribution is 5.81. The highest BCUT2D eigenvalue weighted by Gasteiger charge is 2.35. The van der Waals surface area contributed by atoms with Crippen molar-refractivity contribution in [3.05, 3.63) is 65.2 Å². The summed E-state index contributed by atoms with van der Waals surface area (Å²) in [6.07, 6.45) is -5.57. The van der Waals surface area contributed by atoms with Crippen molar-refractivity contribution in [3.8, 4) is 5.75 Å². The van der Waals surface area contributed by atoms with Gasteiger partial charge in [0.15, 0.2) is 0 Å². The van der Waals surface area contributed by atoms with E-state index in [9.17, 15) is 27.9 Å². The van der Waals surface area contributed by atoms with Gasteiger partial charge in [0, 0.05) is 0 Å². The highest BCUT2D eigenvalue weighted by Crippen LogP contribution is 2.32. The molecule has 0 saturated carbocycles. The molecule has 0 radical (unpaired) electrons. The average molecular weight is 395 g/mol. The minimum absolute atomic E-state index is 0.184. The van der Waals surface area contributed by atoms with E-state index in [-0.39, 0.29) is 5.56 Å². The lowest BCUT2D eigenvalue weighted by Gasteiger charge is -2.30. The Morgan fingerprint density at radius 2 is 1.79 bits per heavy atom. The molecule has 0 bridgehead atoms. The number of hydrogen-bond donors (Lipinski definition) is 2. The molecule has 1 atom stereocenters. The van der Waals surface area contributed by atoms with Gasteiger partial charge in [-0.2, -0.15) is 13.2 Å². The molecule has 0 heterocycles. The predicted molar refractivity (Wildman–Crippen MR) is 95.9 cm³/mol. The number of halogens is 3. The molecule has 0 aliphatic rings. The van der Waals surface area contributed by atoms with Crippen LogP contribution in [0.4, 0.5) is 13.2 Å². The van der Waals surface area contributed by atoms with Crippen molar-refractivity contribution in [2.45, 2.75) is 31.5 Å². The molecule has 8 heteroatoms. The minimum atomic E-state index is -4.59. The van der Waals surface area contributed by atoms with Crippen molar-refractivity contribution < 1.29 is 32.6 Å². The van der Waals surface area contributed by atoms with E-state index in [1.54, 1.807) is 24.3 Å². The van der Waals surface area contributed by atoms with E-state index in [4.69, 9.17) is 4.74 Å². The number of carbonyl (C=O) groups excluding carboxylic acids is 1. The SMILES string of the molecule is COc1cccc(C(C)(CC(=O)O)NC(=O)Cc2ccccc2C(F)(F)F)c1. The standard InChI is InChI=1S/C20H20F3NO4/c1-19(12-18(26)27,14-7-5-8-15(11-14)28-2)24-17(25)10-13-6-3-4-9-16(13)20(21,22)23/h3-9,11H,10,12H2,1-2H3,(H,24,25)(H,26,27). The Hall–Kier alpha value is -3.03. The summed E-state index contributed by atoms with van der Waals surface area (Å²) < 4.78 is 44.5. The van der Waals surface area contributed by atoms with Gasteiger partial charge < -0.3 is 15.2 Å². The summed E-state index contributed by atoms with van der Waals surface area (Å²) in [6.45, 7) is 1.50. The molecule has 5 nitrogen and oxygen atoms in total. The number of benzene rings is 2. The van der Waals surface area contributed by atoms with Crippen LogP contribution in [0.3, 0.4) is 0 Å². The van der Waals surface area contributed by atoms with Gasteiger partial charge >= 0.3 is 12.1 Å². The van der Waals surface area contributed by atoms with Crippen LogP contribution < -0.4 is 10.1 Å². The second-order valence-corrected chi connectivity index (χ2v) is 6.51. The number of amides is 1. The molecule has 0 aliphatic carbocycles. The summed E-state index contributed by atoms with van der Waals surface area (Å²) >= 11 is 0. The van der Waals surface area contributed by atoms with E-state index in [1.165, 1.54) is 32.2 Å². The van der Waals surface area contributed by atoms with Crippen molar-refractivity contribution >= 4 is 11.9 Å². The quantitative estimate of drug-likeness (QED) is 0.749. The number of ether oxygens (including phenoxy) is 1. The third kappa shape index (κ3) is 5.25. The first-order valence-electron chi connectivity index (χ1n) is 8.37. The molecule has 2 N–H and O–H groups in total. The molecule has 0 aliphatic heterocycles. The van der Waals surface area contributed by atoms with Crippen LogP contribution in [0.25, 0.3) is 0 Å². The molecular formula is C20H20F3NO4. The predicted octanol–water partition coefficient (Wildman–Crippen LogP) is 3.76. The smallest absolute Gasteiger partial charge is 0.416 e. The molecule has 2 aromatic carbocycles. The zero-order valence-corrected chi connectivity index (χ0v) is 15.3. The van der Waals surface area contributed by atoms with E-state index in [0.717, 1.165) is 6.07 Å². The summed E-state index contributed by atoms with van der Waals surface area (Å²) in [5, 5.41) is 11.8. The van der Waals surface area contributed by atoms with Gasteiger partial charge in [0.2, 0.25) is 5.91 Å². The maximum Gasteiger partial charge on any atom is 0.416 e. The van der Waals surface area contributed by atoms with E-state index in [1.807, 2.05) is 0 Å². The Balaban J connectivity index is 2.30. The number of carbonyl (C=O) groups is 2. The van der Waals surface area contributed by atoms with Crippen LogP contribution in [0.1, 0.15) is 30.0 Å². The topological polar surface area (TPSA) is 75.6 Å². The Labute approximate surface area is 160 Å². The van der Waals surface area contributed by atoms with Crippen LogP contribution in [0.15, 0.2) is 48.5 Å². The normalized spacial score (nSPS) is 13.5. The van der Waals surface area contributed by atoms with Gasteiger partial charge in [-0.3, -0.25) is 9.59 Å². The maximum absolute atomic E-state index is 13.1. The summed E-state index contributed by atoms with van der Waals surface area (Å²) in [4.78, 5) is 23.9. The number of hydrogen-bond acceptors (Lipinski definition) is 3. The molecule has 150 valence electrons. The number of aliphatic carboxylic acids is 1. The van der Waals surface area contributed by atoms with E-state index in [2.05, 4.69) is 5.32 Å². The average Bonchev–Trinajstić information content (AvgIpc) is 2.60. The van der Waals surface area contributed by atoms with Gasteiger partial charge in [0.25, 0.3) is 0 Å². The first-order chi connectivity index (χ1) is 13.0. The number of nitrogens with one attached hydrogen (secondary N) is 1. The molecule has 1 amide bonds. The molecular weight excluding hydrogens is 375 g/mol. The van der Waals surface area contributed by atoms with Gasteiger partial charge in [-0.1, -0.05) is 30.3 Å². The Morgan fingerprint density at radius 1 is 1.11 bits per heavy atom. The van der Waals surface area contributed by atoms with Crippen molar-refractivity contribution in [2.75, 3.05) is 7.11 Å². The molecule has 0 aromatic heterocycles. The summed E-state index contributed by atoms with van der Waals surface area (Å²) in [5.41, 5.74) is -1.95. The van der Waals surface area contributed by atoms with Crippen LogP contribution in [0, 0.1) is 0 Å². The van der Waals surface area contributed by atoms with Crippen LogP contribution >= 0.6 is 0 Å². The number of carboxylic acids is 1. The van der Waals surface area contributed by atoms with Crippen molar-refractivity contribution in [1.82, 2.24) is 5.32 Å². The molecule has 0 saturated heterocycles. The fourth-order valence-electron chi connectivity index (χ4n) is 2.96. The lowest BCUT2D eigenvalue weighted by atomic mass is 9.88. The van der Waals surface area contributed by atoms with Crippen molar-refractivity contribution in [1.29, 1.82) is 0 Å². The summed E-state index contributed by atoms with van der Waals surface area (Å²) in [6, 6.07) is 11.3. The second-order valence-electron chi connectivity index (χ2n) is 6.51. The van der Waals surface area contributed by atoms with Gasteiger partial charge in [-0.15, -0.1) is 0 Å². The van der Waals surface area contributed by atoms with Crippen LogP contribution in [-0.2, 0) is 27.7 Å². The lowest BCUT2D eigenvalue weighted by Crippen LogP contribution is -2.45. The van der Waals surface area contributed by atoms with Gasteiger partial charge in [0.1, 0.15) is 5.75 Å². The lowest BCUT2D eigenvalue weighted by molar-refractivity contribution is -0.139. The summed E-state index contributed by atoms with van der Waals surface area (Å²) in [7, 11) is 1.44.